The van der Waals surface area contributed by atoms with Gasteiger partial charge in [-0.05, 0) is 30.7 Å². The molecule has 18 heavy (non-hydrogen) atoms. The Morgan fingerprint density at radius 3 is 2.28 bits per heavy atom. The van der Waals surface area contributed by atoms with Crippen LogP contribution >= 0.6 is 10.7 Å². The summed E-state index contributed by atoms with van der Waals surface area (Å²) in [4.78, 5) is 10.4. The number of halogens is 4. The molecule has 0 radical (unpaired) electrons. The molecule has 4 nitrogen and oxygen atoms in total. The number of anilines is 1. The largest absolute Gasteiger partial charge is 0.471 e. The molecule has 1 N–H and O–H groups in total. The average Bonchev–Trinajstić information content (AvgIpc) is 2.13. The molecule has 0 fully saturated rings. The van der Waals surface area contributed by atoms with E-state index >= 15 is 0 Å². The SMILES string of the molecule is Cc1cc(NC(=O)C(F)(F)F)ccc1S(=O)(=O)Cl. The van der Waals surface area contributed by atoms with Gasteiger partial charge in [0.2, 0.25) is 0 Å². The quantitative estimate of drug-likeness (QED) is 0.853. The fourth-order valence-corrected chi connectivity index (χ4v) is 2.40. The lowest BCUT2D eigenvalue weighted by Gasteiger charge is -2.09. The van der Waals surface area contributed by atoms with E-state index in [9.17, 15) is 26.4 Å². The van der Waals surface area contributed by atoms with Crippen LogP contribution in [-0.4, -0.2) is 20.5 Å². The van der Waals surface area contributed by atoms with Crippen molar-refractivity contribution in [1.29, 1.82) is 0 Å². The van der Waals surface area contributed by atoms with Gasteiger partial charge in [0.05, 0.1) is 4.90 Å². The Morgan fingerprint density at radius 1 is 1.33 bits per heavy atom. The van der Waals surface area contributed by atoms with E-state index in [0.29, 0.717) is 0 Å². The lowest BCUT2D eigenvalue weighted by Crippen LogP contribution is -2.29. The van der Waals surface area contributed by atoms with E-state index in [4.69, 9.17) is 10.7 Å². The third-order valence-corrected chi connectivity index (χ3v) is 3.44. The first-order valence-electron chi connectivity index (χ1n) is 4.45. The molecule has 0 spiro atoms. The molecule has 0 saturated carbocycles. The zero-order chi connectivity index (χ0) is 14.1. The molecule has 0 aliphatic rings. The number of hydrogen-bond acceptors (Lipinski definition) is 3. The van der Waals surface area contributed by atoms with E-state index in [1.807, 2.05) is 0 Å². The van der Waals surface area contributed by atoms with E-state index in [0.717, 1.165) is 18.2 Å². The highest BCUT2D eigenvalue weighted by Gasteiger charge is 2.38. The molecule has 0 aliphatic carbocycles. The number of nitrogens with one attached hydrogen (secondary N) is 1. The third kappa shape index (κ3) is 3.61. The zero-order valence-electron chi connectivity index (χ0n) is 8.88. The Hall–Kier alpha value is -1.28. The Balaban J connectivity index is 3.04. The summed E-state index contributed by atoms with van der Waals surface area (Å²) in [5, 5.41) is 1.60. The second kappa shape index (κ2) is 4.77. The predicted octanol–water partition coefficient (Wildman–Crippen LogP) is 2.42. The van der Waals surface area contributed by atoms with Gasteiger partial charge in [-0.25, -0.2) is 8.42 Å². The summed E-state index contributed by atoms with van der Waals surface area (Å²) < 4.78 is 58.0. The van der Waals surface area contributed by atoms with Crippen molar-refractivity contribution in [3.05, 3.63) is 23.8 Å². The molecule has 1 aromatic rings. The van der Waals surface area contributed by atoms with Gasteiger partial charge >= 0.3 is 12.1 Å². The first kappa shape index (κ1) is 14.8. The zero-order valence-corrected chi connectivity index (χ0v) is 10.4. The van der Waals surface area contributed by atoms with Gasteiger partial charge in [0.15, 0.2) is 0 Å². The van der Waals surface area contributed by atoms with Gasteiger partial charge in [-0.1, -0.05) is 0 Å². The number of benzene rings is 1. The highest BCUT2D eigenvalue weighted by Crippen LogP contribution is 2.24. The minimum absolute atomic E-state index is 0.130. The topological polar surface area (TPSA) is 63.2 Å². The molecule has 1 aromatic carbocycles. The van der Waals surface area contributed by atoms with Crippen molar-refractivity contribution in [2.45, 2.75) is 18.0 Å². The fraction of sp³-hybridized carbons (Fsp3) is 0.222. The highest BCUT2D eigenvalue weighted by atomic mass is 35.7. The van der Waals surface area contributed by atoms with Gasteiger partial charge in [0.1, 0.15) is 0 Å². The number of carbonyl (C=O) groups excluding carboxylic acids is 1. The van der Waals surface area contributed by atoms with Crippen LogP contribution in [0.15, 0.2) is 23.1 Å². The van der Waals surface area contributed by atoms with Crippen LogP contribution in [0.1, 0.15) is 5.56 Å². The van der Waals surface area contributed by atoms with Gasteiger partial charge in [0.25, 0.3) is 9.05 Å². The monoisotopic (exact) mass is 301 g/mol. The van der Waals surface area contributed by atoms with Crippen molar-refractivity contribution in [3.63, 3.8) is 0 Å². The Labute approximate surface area is 105 Å². The molecule has 100 valence electrons. The predicted molar refractivity (Wildman–Crippen MR) is 58.9 cm³/mol. The van der Waals surface area contributed by atoms with Crippen LogP contribution in [0.5, 0.6) is 0 Å². The number of hydrogen-bond donors (Lipinski definition) is 1. The van der Waals surface area contributed by atoms with Gasteiger partial charge in [0, 0.05) is 16.4 Å². The van der Waals surface area contributed by atoms with Crippen LogP contribution in [0, 0.1) is 6.92 Å². The van der Waals surface area contributed by atoms with E-state index in [-0.39, 0.29) is 16.1 Å². The standard InChI is InChI=1S/C9H7ClF3NO3S/c1-5-4-6(14-8(15)9(11,12)13)2-3-7(5)18(10,16)17/h2-4H,1H3,(H,14,15). The Bertz CT molecular complexity index is 583. The molecule has 1 rings (SSSR count). The summed E-state index contributed by atoms with van der Waals surface area (Å²) in [6.45, 7) is 1.35. The van der Waals surface area contributed by atoms with Crippen molar-refractivity contribution >= 4 is 31.3 Å². The summed E-state index contributed by atoms with van der Waals surface area (Å²) in [6, 6.07) is 3.12. The van der Waals surface area contributed by atoms with Crippen molar-refractivity contribution in [2.24, 2.45) is 0 Å². The first-order valence-corrected chi connectivity index (χ1v) is 6.76. The second-order valence-electron chi connectivity index (χ2n) is 3.37. The molecule has 0 bridgehead atoms. The Morgan fingerprint density at radius 2 is 1.89 bits per heavy atom. The van der Waals surface area contributed by atoms with E-state index in [1.165, 1.54) is 6.92 Å². The van der Waals surface area contributed by atoms with Crippen molar-refractivity contribution in [2.75, 3.05) is 5.32 Å². The fourth-order valence-electron chi connectivity index (χ4n) is 1.20. The van der Waals surface area contributed by atoms with Crippen LogP contribution < -0.4 is 5.32 Å². The molecule has 0 aromatic heterocycles. The molecule has 1 amide bonds. The van der Waals surface area contributed by atoms with Crippen molar-refractivity contribution in [3.8, 4) is 0 Å². The van der Waals surface area contributed by atoms with Gasteiger partial charge in [-0.3, -0.25) is 4.79 Å². The van der Waals surface area contributed by atoms with E-state index in [2.05, 4.69) is 0 Å². The summed E-state index contributed by atoms with van der Waals surface area (Å²) in [7, 11) is 1.13. The lowest BCUT2D eigenvalue weighted by atomic mass is 10.2. The van der Waals surface area contributed by atoms with Gasteiger partial charge in [-0.2, -0.15) is 13.2 Å². The van der Waals surface area contributed by atoms with Crippen molar-refractivity contribution < 1.29 is 26.4 Å². The van der Waals surface area contributed by atoms with Crippen LogP contribution in [0.3, 0.4) is 0 Å². The molecule has 0 heterocycles. The first-order chi connectivity index (χ1) is 8.01. The number of amides is 1. The normalized spacial score (nSPS) is 12.3. The second-order valence-corrected chi connectivity index (χ2v) is 5.90. The molecular weight excluding hydrogens is 295 g/mol. The van der Waals surface area contributed by atoms with Crippen molar-refractivity contribution in [1.82, 2.24) is 0 Å². The maximum atomic E-state index is 12.0. The highest BCUT2D eigenvalue weighted by molar-refractivity contribution is 8.13. The van der Waals surface area contributed by atoms with Gasteiger partial charge < -0.3 is 5.32 Å². The van der Waals surface area contributed by atoms with E-state index < -0.39 is 21.1 Å². The molecule has 0 aliphatic heterocycles. The average molecular weight is 302 g/mol. The molecule has 0 saturated heterocycles. The van der Waals surface area contributed by atoms with E-state index in [1.54, 1.807) is 5.32 Å². The molecule has 0 unspecified atom stereocenters. The maximum absolute atomic E-state index is 12.0. The summed E-state index contributed by atoms with van der Waals surface area (Å²) in [5.74, 6) is -2.14. The van der Waals surface area contributed by atoms with Gasteiger partial charge in [-0.15, -0.1) is 0 Å². The summed E-state index contributed by atoms with van der Waals surface area (Å²) in [5.41, 5.74) is -0.0381. The minimum atomic E-state index is -5.01. The Kier molecular flexibility index (Phi) is 3.92. The third-order valence-electron chi connectivity index (χ3n) is 1.95. The van der Waals surface area contributed by atoms with Crippen LogP contribution in [-0.2, 0) is 13.8 Å². The number of carbonyl (C=O) groups is 1. The number of rotatable bonds is 2. The lowest BCUT2D eigenvalue weighted by molar-refractivity contribution is -0.167. The maximum Gasteiger partial charge on any atom is 0.471 e. The molecular formula is C9H7ClF3NO3S. The minimum Gasteiger partial charge on any atom is -0.318 e. The van der Waals surface area contributed by atoms with Crippen LogP contribution in [0.4, 0.5) is 18.9 Å². The number of alkyl halides is 3. The van der Waals surface area contributed by atoms with Crippen LogP contribution in [0.25, 0.3) is 0 Å². The smallest absolute Gasteiger partial charge is 0.318 e. The molecule has 9 heteroatoms. The van der Waals surface area contributed by atoms with Crippen LogP contribution in [0.2, 0.25) is 0 Å². The summed E-state index contributed by atoms with van der Waals surface area (Å²) in [6.07, 6.45) is -5.01. The summed E-state index contributed by atoms with van der Waals surface area (Å²) >= 11 is 0. The molecule has 0 atom stereocenters. The number of aryl methyl sites for hydroxylation is 1.